The molecule has 1 heterocycles. The number of thioether (sulfide) groups is 1. The number of pyridine rings is 1. The molecule has 0 spiro atoms. The van der Waals surface area contributed by atoms with Crippen LogP contribution in [-0.2, 0) is 4.74 Å². The maximum absolute atomic E-state index is 11.4. The van der Waals surface area contributed by atoms with E-state index in [0.717, 1.165) is 5.03 Å². The lowest BCUT2D eigenvalue weighted by atomic mass is 10.2. The van der Waals surface area contributed by atoms with Gasteiger partial charge in [0.15, 0.2) is 0 Å². The van der Waals surface area contributed by atoms with Crippen LogP contribution in [-0.4, -0.2) is 23.8 Å². The van der Waals surface area contributed by atoms with E-state index in [-0.39, 0.29) is 0 Å². The summed E-state index contributed by atoms with van der Waals surface area (Å²) in [6.45, 7) is 2.10. The molecule has 0 saturated carbocycles. The number of nitrogens with two attached hydrogens (primary N) is 1. The average Bonchev–Trinajstić information content (AvgIpc) is 2.19. The van der Waals surface area contributed by atoms with Crippen molar-refractivity contribution >= 4 is 23.4 Å². The number of nitrogen functional groups attached to an aromatic ring is 1. The zero-order valence-electron chi connectivity index (χ0n) is 8.11. The van der Waals surface area contributed by atoms with E-state index in [4.69, 9.17) is 10.5 Å². The van der Waals surface area contributed by atoms with Gasteiger partial charge in [-0.1, -0.05) is 0 Å². The number of carbonyl (C=O) groups is 1. The summed E-state index contributed by atoms with van der Waals surface area (Å²) in [6, 6.07) is 1.64. The fourth-order valence-electron chi connectivity index (χ4n) is 0.944. The molecule has 1 aromatic heterocycles. The fourth-order valence-corrected chi connectivity index (χ4v) is 1.34. The van der Waals surface area contributed by atoms with Gasteiger partial charge in [0, 0.05) is 0 Å². The lowest BCUT2D eigenvalue weighted by Crippen LogP contribution is -2.08. The van der Waals surface area contributed by atoms with Crippen molar-refractivity contribution in [2.75, 3.05) is 18.6 Å². The van der Waals surface area contributed by atoms with Crippen LogP contribution in [0, 0.1) is 0 Å². The number of rotatable bonds is 3. The second kappa shape index (κ2) is 4.85. The molecular formula is C9H12N2O2S. The van der Waals surface area contributed by atoms with E-state index in [2.05, 4.69) is 4.98 Å². The Labute approximate surface area is 86.8 Å². The van der Waals surface area contributed by atoms with Crippen LogP contribution in [0.2, 0.25) is 0 Å². The first-order valence-corrected chi connectivity index (χ1v) is 5.38. The lowest BCUT2D eigenvalue weighted by molar-refractivity contribution is 0.0527. The van der Waals surface area contributed by atoms with Gasteiger partial charge in [-0.3, -0.25) is 0 Å². The third-order valence-electron chi connectivity index (χ3n) is 1.61. The number of anilines is 1. The van der Waals surface area contributed by atoms with Crippen molar-refractivity contribution in [2.24, 2.45) is 0 Å². The molecule has 76 valence electrons. The highest BCUT2D eigenvalue weighted by Crippen LogP contribution is 2.18. The zero-order valence-corrected chi connectivity index (χ0v) is 8.93. The number of ether oxygens (including phenoxy) is 1. The molecule has 14 heavy (non-hydrogen) atoms. The first kappa shape index (κ1) is 10.8. The number of esters is 1. The minimum absolute atomic E-state index is 0.342. The first-order valence-electron chi connectivity index (χ1n) is 4.15. The quantitative estimate of drug-likeness (QED) is 0.608. The summed E-state index contributed by atoms with van der Waals surface area (Å²) in [5, 5.41) is 0.752. The summed E-state index contributed by atoms with van der Waals surface area (Å²) in [5.41, 5.74) is 6.33. The highest BCUT2D eigenvalue weighted by molar-refractivity contribution is 7.98. The largest absolute Gasteiger partial charge is 0.462 e. The summed E-state index contributed by atoms with van der Waals surface area (Å²) in [5.74, 6) is -0.400. The Hall–Kier alpha value is -1.23. The third-order valence-corrected chi connectivity index (χ3v) is 2.26. The van der Waals surface area contributed by atoms with Gasteiger partial charge in [-0.05, 0) is 19.2 Å². The van der Waals surface area contributed by atoms with Crippen molar-refractivity contribution < 1.29 is 9.53 Å². The highest BCUT2D eigenvalue weighted by Gasteiger charge is 2.11. The predicted octanol–water partition coefficient (Wildman–Crippen LogP) is 1.56. The molecule has 0 radical (unpaired) electrons. The Morgan fingerprint density at radius 1 is 1.71 bits per heavy atom. The highest BCUT2D eigenvalue weighted by atomic mass is 32.2. The van der Waals surface area contributed by atoms with Gasteiger partial charge in [0.1, 0.15) is 0 Å². The molecule has 2 N–H and O–H groups in total. The Morgan fingerprint density at radius 3 is 3.00 bits per heavy atom. The van der Waals surface area contributed by atoms with Gasteiger partial charge in [0.05, 0.1) is 29.1 Å². The smallest absolute Gasteiger partial charge is 0.340 e. The van der Waals surface area contributed by atoms with Crippen LogP contribution in [0.15, 0.2) is 17.3 Å². The van der Waals surface area contributed by atoms with Crippen LogP contribution >= 0.6 is 11.8 Å². The molecule has 0 aliphatic carbocycles. The molecule has 0 aliphatic rings. The summed E-state index contributed by atoms with van der Waals surface area (Å²) in [6.07, 6.45) is 3.35. The molecule has 0 saturated heterocycles. The monoisotopic (exact) mass is 212 g/mol. The number of carbonyl (C=O) groups excluding carboxylic acids is 1. The normalized spacial score (nSPS) is 9.86. The van der Waals surface area contributed by atoms with Gasteiger partial charge in [-0.15, -0.1) is 11.8 Å². The molecule has 0 aromatic carbocycles. The molecule has 4 nitrogen and oxygen atoms in total. The van der Waals surface area contributed by atoms with Gasteiger partial charge in [0.2, 0.25) is 0 Å². The van der Waals surface area contributed by atoms with Crippen molar-refractivity contribution in [1.29, 1.82) is 0 Å². The van der Waals surface area contributed by atoms with E-state index in [0.29, 0.717) is 17.9 Å². The zero-order chi connectivity index (χ0) is 10.6. The second-order valence-corrected chi connectivity index (χ2v) is 3.36. The Morgan fingerprint density at radius 2 is 2.43 bits per heavy atom. The van der Waals surface area contributed by atoms with Gasteiger partial charge in [0.25, 0.3) is 0 Å². The lowest BCUT2D eigenvalue weighted by Gasteiger charge is -2.05. The number of hydrogen-bond acceptors (Lipinski definition) is 5. The van der Waals surface area contributed by atoms with Gasteiger partial charge in [-0.2, -0.15) is 0 Å². The van der Waals surface area contributed by atoms with Crippen molar-refractivity contribution in [2.45, 2.75) is 11.9 Å². The summed E-state index contributed by atoms with van der Waals surface area (Å²) in [4.78, 5) is 15.4. The van der Waals surface area contributed by atoms with E-state index in [9.17, 15) is 4.79 Å². The van der Waals surface area contributed by atoms with Crippen LogP contribution in [0.3, 0.4) is 0 Å². The Bertz CT molecular complexity index is 342. The number of aromatic nitrogens is 1. The second-order valence-electron chi connectivity index (χ2n) is 2.53. The molecule has 0 fully saturated rings. The van der Waals surface area contributed by atoms with Crippen molar-refractivity contribution in [3.05, 3.63) is 17.8 Å². The van der Waals surface area contributed by atoms with Crippen molar-refractivity contribution in [1.82, 2.24) is 4.98 Å². The SMILES string of the molecule is CCOC(=O)c1cc(SC)ncc1N. The van der Waals surface area contributed by atoms with Crippen LogP contribution in [0.4, 0.5) is 5.69 Å². The molecule has 0 bridgehead atoms. The van der Waals surface area contributed by atoms with E-state index < -0.39 is 5.97 Å². The predicted molar refractivity (Wildman–Crippen MR) is 56.4 cm³/mol. The van der Waals surface area contributed by atoms with Crippen LogP contribution < -0.4 is 5.73 Å². The van der Waals surface area contributed by atoms with Gasteiger partial charge >= 0.3 is 5.97 Å². The van der Waals surface area contributed by atoms with E-state index >= 15 is 0 Å². The topological polar surface area (TPSA) is 65.2 Å². The number of nitrogens with zero attached hydrogens (tertiary/aromatic N) is 1. The summed E-state index contributed by atoms with van der Waals surface area (Å²) < 4.78 is 4.85. The standard InChI is InChI=1S/C9H12N2O2S/c1-3-13-9(12)6-4-8(14-2)11-5-7(6)10/h4-5H,3,10H2,1-2H3. The van der Waals surface area contributed by atoms with Crippen molar-refractivity contribution in [3.63, 3.8) is 0 Å². The minimum atomic E-state index is -0.400. The molecular weight excluding hydrogens is 200 g/mol. The Kier molecular flexibility index (Phi) is 3.76. The maximum Gasteiger partial charge on any atom is 0.340 e. The van der Waals surface area contributed by atoms with E-state index in [1.165, 1.54) is 18.0 Å². The van der Waals surface area contributed by atoms with Gasteiger partial charge in [-0.25, -0.2) is 9.78 Å². The van der Waals surface area contributed by atoms with E-state index in [1.807, 2.05) is 6.26 Å². The van der Waals surface area contributed by atoms with Crippen LogP contribution in [0.25, 0.3) is 0 Å². The minimum Gasteiger partial charge on any atom is -0.462 e. The Balaban J connectivity index is 2.99. The third kappa shape index (κ3) is 2.38. The van der Waals surface area contributed by atoms with Crippen LogP contribution in [0.5, 0.6) is 0 Å². The number of hydrogen-bond donors (Lipinski definition) is 1. The molecule has 0 amide bonds. The molecule has 1 aromatic rings. The maximum atomic E-state index is 11.4. The van der Waals surface area contributed by atoms with Gasteiger partial charge < -0.3 is 10.5 Å². The molecule has 1 rings (SSSR count). The molecule has 5 heteroatoms. The summed E-state index contributed by atoms with van der Waals surface area (Å²) in [7, 11) is 0. The average molecular weight is 212 g/mol. The van der Waals surface area contributed by atoms with Crippen molar-refractivity contribution in [3.8, 4) is 0 Å². The molecule has 0 atom stereocenters. The summed E-state index contributed by atoms with van der Waals surface area (Å²) >= 11 is 1.45. The van der Waals surface area contributed by atoms with E-state index in [1.54, 1.807) is 13.0 Å². The molecule has 0 aliphatic heterocycles. The van der Waals surface area contributed by atoms with Crippen LogP contribution in [0.1, 0.15) is 17.3 Å². The first-order chi connectivity index (χ1) is 6.69. The molecule has 0 unspecified atom stereocenters. The fraction of sp³-hybridized carbons (Fsp3) is 0.333.